The number of hydrogen-bond donors (Lipinski definition) is 1. The number of pyridine rings is 1. The summed E-state index contributed by atoms with van der Waals surface area (Å²) >= 11 is 0. The van der Waals surface area contributed by atoms with Gasteiger partial charge in [0.05, 0.1) is 18.5 Å². The molecular formula is C15H13N5O2. The summed E-state index contributed by atoms with van der Waals surface area (Å²) in [6.45, 7) is 0.481. The molecule has 0 saturated heterocycles. The van der Waals surface area contributed by atoms with E-state index < -0.39 is 5.97 Å². The predicted octanol–water partition coefficient (Wildman–Crippen LogP) is 1.41. The lowest BCUT2D eigenvalue weighted by atomic mass is 10.1. The second-order valence-electron chi connectivity index (χ2n) is 4.75. The van der Waals surface area contributed by atoms with Crippen LogP contribution in [0, 0.1) is 0 Å². The van der Waals surface area contributed by atoms with Gasteiger partial charge in [-0.05, 0) is 40.3 Å². The van der Waals surface area contributed by atoms with Gasteiger partial charge in [-0.25, -0.2) is 9.48 Å². The summed E-state index contributed by atoms with van der Waals surface area (Å²) in [6, 6.07) is 12.4. The first-order chi connectivity index (χ1) is 10.7. The number of carboxylic acids is 1. The number of carbonyl (C=O) groups is 1. The molecule has 1 aromatic carbocycles. The van der Waals surface area contributed by atoms with Gasteiger partial charge >= 0.3 is 5.97 Å². The molecule has 2 aromatic heterocycles. The number of aromatic carboxylic acids is 1. The van der Waals surface area contributed by atoms with Crippen LogP contribution >= 0.6 is 0 Å². The highest BCUT2D eigenvalue weighted by Gasteiger charge is 2.09. The van der Waals surface area contributed by atoms with Crippen LogP contribution in [-0.2, 0) is 13.0 Å². The fraction of sp³-hybridized carbons (Fsp3) is 0.133. The van der Waals surface area contributed by atoms with Crippen molar-refractivity contribution >= 4 is 5.97 Å². The van der Waals surface area contributed by atoms with Gasteiger partial charge in [0, 0.05) is 11.9 Å². The number of tetrazole rings is 1. The van der Waals surface area contributed by atoms with E-state index in [2.05, 4.69) is 20.5 Å². The maximum atomic E-state index is 10.8. The van der Waals surface area contributed by atoms with Crippen molar-refractivity contribution < 1.29 is 9.90 Å². The Morgan fingerprint density at radius 1 is 1.14 bits per heavy atom. The zero-order chi connectivity index (χ0) is 15.4. The number of rotatable bonds is 5. The molecule has 3 rings (SSSR count). The zero-order valence-electron chi connectivity index (χ0n) is 11.6. The standard InChI is InChI=1S/C15H13N5O2/c21-15(22)12-6-4-11(5-7-12)10-20-14(17-18-19-20)9-13-3-1-2-8-16-13/h1-8H,9-10H2,(H,21,22). The number of hydrogen-bond acceptors (Lipinski definition) is 5. The average Bonchev–Trinajstić information content (AvgIpc) is 2.96. The third-order valence-corrected chi connectivity index (χ3v) is 3.20. The number of benzene rings is 1. The molecule has 22 heavy (non-hydrogen) atoms. The fourth-order valence-corrected chi connectivity index (χ4v) is 2.06. The Labute approximate surface area is 126 Å². The molecule has 2 heterocycles. The molecule has 3 aromatic rings. The Morgan fingerprint density at radius 2 is 1.95 bits per heavy atom. The summed E-state index contributed by atoms with van der Waals surface area (Å²) in [6.07, 6.45) is 2.27. The quantitative estimate of drug-likeness (QED) is 0.764. The SMILES string of the molecule is O=C(O)c1ccc(Cn2nnnc2Cc2ccccn2)cc1. The molecule has 0 atom stereocenters. The van der Waals surface area contributed by atoms with Crippen LogP contribution in [0.2, 0.25) is 0 Å². The van der Waals surface area contributed by atoms with Gasteiger partial charge in [-0.15, -0.1) is 5.10 Å². The third-order valence-electron chi connectivity index (χ3n) is 3.20. The van der Waals surface area contributed by atoms with E-state index in [0.29, 0.717) is 18.8 Å². The second-order valence-corrected chi connectivity index (χ2v) is 4.75. The number of nitrogens with zero attached hydrogens (tertiary/aromatic N) is 5. The van der Waals surface area contributed by atoms with E-state index in [1.807, 2.05) is 18.2 Å². The highest BCUT2D eigenvalue weighted by molar-refractivity contribution is 5.87. The van der Waals surface area contributed by atoms with Crippen LogP contribution in [0.4, 0.5) is 0 Å². The Bertz CT molecular complexity index is 768. The summed E-state index contributed by atoms with van der Waals surface area (Å²) in [5.74, 6) is -0.231. The van der Waals surface area contributed by atoms with E-state index in [9.17, 15) is 4.79 Å². The molecular weight excluding hydrogens is 282 g/mol. The van der Waals surface area contributed by atoms with Gasteiger partial charge in [-0.1, -0.05) is 18.2 Å². The van der Waals surface area contributed by atoms with Gasteiger partial charge < -0.3 is 5.11 Å². The van der Waals surface area contributed by atoms with E-state index in [-0.39, 0.29) is 5.56 Å². The minimum absolute atomic E-state index is 0.258. The van der Waals surface area contributed by atoms with Gasteiger partial charge in [-0.2, -0.15) is 0 Å². The molecule has 7 nitrogen and oxygen atoms in total. The average molecular weight is 295 g/mol. The van der Waals surface area contributed by atoms with Crippen molar-refractivity contribution in [2.24, 2.45) is 0 Å². The maximum absolute atomic E-state index is 10.8. The monoisotopic (exact) mass is 295 g/mol. The molecule has 0 spiro atoms. The van der Waals surface area contributed by atoms with Gasteiger partial charge in [0.2, 0.25) is 0 Å². The van der Waals surface area contributed by atoms with Gasteiger partial charge in [-0.3, -0.25) is 4.98 Å². The molecule has 0 aliphatic heterocycles. The minimum atomic E-state index is -0.940. The maximum Gasteiger partial charge on any atom is 0.335 e. The van der Waals surface area contributed by atoms with E-state index in [1.165, 1.54) is 0 Å². The van der Waals surface area contributed by atoms with Crippen LogP contribution in [-0.4, -0.2) is 36.3 Å². The largest absolute Gasteiger partial charge is 0.478 e. The molecule has 0 saturated carbocycles. The first kappa shape index (κ1) is 13.9. The zero-order valence-corrected chi connectivity index (χ0v) is 11.6. The molecule has 1 N–H and O–H groups in total. The first-order valence-electron chi connectivity index (χ1n) is 6.69. The van der Waals surface area contributed by atoms with E-state index in [0.717, 1.165) is 11.3 Å². The predicted molar refractivity (Wildman–Crippen MR) is 77.4 cm³/mol. The van der Waals surface area contributed by atoms with Crippen molar-refractivity contribution in [1.29, 1.82) is 0 Å². The number of aromatic nitrogens is 5. The van der Waals surface area contributed by atoms with Crippen molar-refractivity contribution in [1.82, 2.24) is 25.2 Å². The second kappa shape index (κ2) is 6.13. The Hall–Kier alpha value is -3.09. The van der Waals surface area contributed by atoms with Crippen LogP contribution in [0.5, 0.6) is 0 Å². The lowest BCUT2D eigenvalue weighted by molar-refractivity contribution is 0.0697. The molecule has 0 bridgehead atoms. The Morgan fingerprint density at radius 3 is 2.64 bits per heavy atom. The molecule has 0 radical (unpaired) electrons. The topological polar surface area (TPSA) is 93.8 Å². The fourth-order valence-electron chi connectivity index (χ4n) is 2.06. The molecule has 7 heteroatoms. The highest BCUT2D eigenvalue weighted by atomic mass is 16.4. The van der Waals surface area contributed by atoms with E-state index >= 15 is 0 Å². The molecule has 0 unspecified atom stereocenters. The minimum Gasteiger partial charge on any atom is -0.478 e. The summed E-state index contributed by atoms with van der Waals surface area (Å²) in [7, 11) is 0. The van der Waals surface area contributed by atoms with Gasteiger partial charge in [0.15, 0.2) is 5.82 Å². The summed E-state index contributed by atoms with van der Waals surface area (Å²) in [4.78, 5) is 15.1. The molecule has 0 amide bonds. The van der Waals surface area contributed by atoms with Gasteiger partial charge in [0.1, 0.15) is 0 Å². The molecule has 0 fully saturated rings. The lowest BCUT2D eigenvalue weighted by Crippen LogP contribution is -2.08. The highest BCUT2D eigenvalue weighted by Crippen LogP contribution is 2.08. The smallest absolute Gasteiger partial charge is 0.335 e. The molecule has 0 aliphatic carbocycles. The van der Waals surface area contributed by atoms with Crippen LogP contribution in [0.1, 0.15) is 27.4 Å². The van der Waals surface area contributed by atoms with Crippen molar-refractivity contribution in [3.8, 4) is 0 Å². The van der Waals surface area contributed by atoms with Gasteiger partial charge in [0.25, 0.3) is 0 Å². The van der Waals surface area contributed by atoms with Crippen LogP contribution in [0.3, 0.4) is 0 Å². The van der Waals surface area contributed by atoms with Crippen molar-refractivity contribution in [3.63, 3.8) is 0 Å². The summed E-state index contributed by atoms with van der Waals surface area (Å²) < 4.78 is 1.68. The van der Waals surface area contributed by atoms with Crippen molar-refractivity contribution in [2.75, 3.05) is 0 Å². The Balaban J connectivity index is 1.76. The van der Waals surface area contributed by atoms with E-state index in [1.54, 1.807) is 35.1 Å². The van der Waals surface area contributed by atoms with Crippen LogP contribution in [0.15, 0.2) is 48.7 Å². The first-order valence-corrected chi connectivity index (χ1v) is 6.69. The van der Waals surface area contributed by atoms with Crippen LogP contribution < -0.4 is 0 Å². The molecule has 0 aliphatic rings. The van der Waals surface area contributed by atoms with E-state index in [4.69, 9.17) is 5.11 Å². The lowest BCUT2D eigenvalue weighted by Gasteiger charge is -2.05. The molecule has 110 valence electrons. The summed E-state index contributed by atoms with van der Waals surface area (Å²) in [5, 5.41) is 20.6. The number of carboxylic acid groups (broad SMARTS) is 1. The van der Waals surface area contributed by atoms with Crippen molar-refractivity contribution in [3.05, 3.63) is 71.3 Å². The van der Waals surface area contributed by atoms with Crippen LogP contribution in [0.25, 0.3) is 0 Å². The normalized spacial score (nSPS) is 10.5. The third kappa shape index (κ3) is 3.14. The van der Waals surface area contributed by atoms with Crippen molar-refractivity contribution in [2.45, 2.75) is 13.0 Å². The summed E-state index contributed by atoms with van der Waals surface area (Å²) in [5.41, 5.74) is 2.08. The Kier molecular flexibility index (Phi) is 3.86.